The number of hydrogen-bond acceptors (Lipinski definition) is 5. The number of amidine groups is 1. The van der Waals surface area contributed by atoms with Gasteiger partial charge in [0.1, 0.15) is 0 Å². The predicted octanol–water partition coefficient (Wildman–Crippen LogP) is 0.924. The van der Waals surface area contributed by atoms with Crippen LogP contribution in [0.5, 0.6) is 0 Å². The molecule has 1 saturated heterocycles. The van der Waals surface area contributed by atoms with Gasteiger partial charge in [0.25, 0.3) is 0 Å². The van der Waals surface area contributed by atoms with Crippen molar-refractivity contribution in [3.63, 3.8) is 0 Å². The molecule has 0 aromatic heterocycles. The maximum atomic E-state index is 12.4. The molecule has 2 aliphatic rings. The van der Waals surface area contributed by atoms with Gasteiger partial charge in [0.05, 0.1) is 17.4 Å². The number of nitrogens with zero attached hydrogens (tertiary/aromatic N) is 1. The number of sulfonamides is 1. The zero-order chi connectivity index (χ0) is 15.3. The summed E-state index contributed by atoms with van der Waals surface area (Å²) in [5, 5.41) is 12.1. The standard InChI is InChI=1S/C13H25N3O4S/c14-12(15-17)13(7-3-1-2-4-8-13)16-21(18,19)10-11-6-5-9-20-11/h11,16-17H,1-10H2,(H2,14,15). The Hall–Kier alpha value is -0.860. The van der Waals surface area contributed by atoms with Crippen molar-refractivity contribution in [2.75, 3.05) is 12.4 Å². The van der Waals surface area contributed by atoms with E-state index in [9.17, 15) is 8.42 Å². The summed E-state index contributed by atoms with van der Waals surface area (Å²) in [7, 11) is -3.54. The molecule has 1 unspecified atom stereocenters. The van der Waals surface area contributed by atoms with E-state index in [1.807, 2.05) is 0 Å². The minimum Gasteiger partial charge on any atom is -0.409 e. The summed E-state index contributed by atoms with van der Waals surface area (Å²) in [6, 6.07) is 0. The molecular weight excluding hydrogens is 294 g/mol. The quantitative estimate of drug-likeness (QED) is 0.229. The topological polar surface area (TPSA) is 114 Å². The van der Waals surface area contributed by atoms with E-state index >= 15 is 0 Å². The van der Waals surface area contributed by atoms with Gasteiger partial charge in [-0.25, -0.2) is 13.1 Å². The van der Waals surface area contributed by atoms with Gasteiger partial charge < -0.3 is 15.7 Å². The van der Waals surface area contributed by atoms with Crippen LogP contribution in [0, 0.1) is 0 Å². The smallest absolute Gasteiger partial charge is 0.215 e. The van der Waals surface area contributed by atoms with Gasteiger partial charge in [0.2, 0.25) is 10.0 Å². The number of rotatable bonds is 5. The number of nitrogens with one attached hydrogen (secondary N) is 1. The molecule has 0 aromatic rings. The van der Waals surface area contributed by atoms with E-state index in [0.717, 1.165) is 38.5 Å². The van der Waals surface area contributed by atoms with Crippen LogP contribution in [0.15, 0.2) is 5.16 Å². The SMILES string of the molecule is NC(=NO)C1(NS(=O)(=O)CC2CCCO2)CCCCCC1. The third-order valence-corrected chi connectivity index (χ3v) is 5.85. The minimum atomic E-state index is -3.54. The molecule has 4 N–H and O–H groups in total. The Labute approximate surface area is 126 Å². The van der Waals surface area contributed by atoms with Crippen molar-refractivity contribution in [3.05, 3.63) is 0 Å². The molecule has 1 aliphatic carbocycles. The first kappa shape index (κ1) is 16.5. The first-order chi connectivity index (χ1) is 9.97. The lowest BCUT2D eigenvalue weighted by Gasteiger charge is -2.32. The van der Waals surface area contributed by atoms with Crippen LogP contribution < -0.4 is 10.5 Å². The molecule has 0 bridgehead atoms. The van der Waals surface area contributed by atoms with Gasteiger partial charge in [-0.3, -0.25) is 0 Å². The van der Waals surface area contributed by atoms with E-state index in [1.165, 1.54) is 0 Å². The molecule has 8 heteroatoms. The second kappa shape index (κ2) is 6.93. The summed E-state index contributed by atoms with van der Waals surface area (Å²) in [5.74, 6) is -0.103. The Morgan fingerprint density at radius 2 is 1.95 bits per heavy atom. The normalized spacial score (nSPS) is 27.4. The second-order valence-corrected chi connectivity index (χ2v) is 7.77. The fraction of sp³-hybridized carbons (Fsp3) is 0.923. The molecule has 0 radical (unpaired) electrons. The largest absolute Gasteiger partial charge is 0.409 e. The lowest BCUT2D eigenvalue weighted by atomic mass is 9.90. The van der Waals surface area contributed by atoms with Crippen LogP contribution in [-0.2, 0) is 14.8 Å². The van der Waals surface area contributed by atoms with Crippen LogP contribution in [-0.4, -0.2) is 43.5 Å². The van der Waals surface area contributed by atoms with Gasteiger partial charge in [-0.05, 0) is 25.7 Å². The molecular formula is C13H25N3O4S. The van der Waals surface area contributed by atoms with Crippen molar-refractivity contribution in [1.29, 1.82) is 0 Å². The minimum absolute atomic E-state index is 0.0414. The molecule has 1 heterocycles. The average molecular weight is 319 g/mol. The molecule has 1 saturated carbocycles. The lowest BCUT2D eigenvalue weighted by molar-refractivity contribution is 0.127. The first-order valence-corrected chi connectivity index (χ1v) is 9.24. The number of nitrogens with two attached hydrogens (primary N) is 1. The molecule has 7 nitrogen and oxygen atoms in total. The van der Waals surface area contributed by atoms with Crippen molar-refractivity contribution in [1.82, 2.24) is 4.72 Å². The summed E-state index contributed by atoms with van der Waals surface area (Å²) in [4.78, 5) is 0. The molecule has 21 heavy (non-hydrogen) atoms. The summed E-state index contributed by atoms with van der Waals surface area (Å²) in [6.07, 6.45) is 6.32. The van der Waals surface area contributed by atoms with E-state index in [4.69, 9.17) is 15.7 Å². The highest BCUT2D eigenvalue weighted by Gasteiger charge is 2.40. The Kier molecular flexibility index (Phi) is 5.45. The van der Waals surface area contributed by atoms with Crippen molar-refractivity contribution >= 4 is 15.9 Å². The summed E-state index contributed by atoms with van der Waals surface area (Å²) in [5.41, 5.74) is 4.85. The van der Waals surface area contributed by atoms with Crippen LogP contribution in [0.2, 0.25) is 0 Å². The van der Waals surface area contributed by atoms with Crippen LogP contribution in [0.3, 0.4) is 0 Å². The Balaban J connectivity index is 2.13. The summed E-state index contributed by atoms with van der Waals surface area (Å²) in [6.45, 7) is 0.617. The van der Waals surface area contributed by atoms with Crippen LogP contribution in [0.1, 0.15) is 51.4 Å². The summed E-state index contributed by atoms with van der Waals surface area (Å²) < 4.78 is 32.9. The van der Waals surface area contributed by atoms with Gasteiger partial charge in [-0.1, -0.05) is 30.8 Å². The van der Waals surface area contributed by atoms with E-state index in [-0.39, 0.29) is 17.7 Å². The molecule has 0 spiro atoms. The third kappa shape index (κ3) is 4.31. The summed E-state index contributed by atoms with van der Waals surface area (Å²) >= 11 is 0. The molecule has 2 fully saturated rings. The Morgan fingerprint density at radius 3 is 2.48 bits per heavy atom. The van der Waals surface area contributed by atoms with Crippen molar-refractivity contribution in [3.8, 4) is 0 Å². The Morgan fingerprint density at radius 1 is 1.29 bits per heavy atom. The highest BCUT2D eigenvalue weighted by molar-refractivity contribution is 7.89. The van der Waals surface area contributed by atoms with Gasteiger partial charge in [-0.15, -0.1) is 0 Å². The first-order valence-electron chi connectivity index (χ1n) is 7.59. The van der Waals surface area contributed by atoms with E-state index in [1.54, 1.807) is 0 Å². The highest BCUT2D eigenvalue weighted by atomic mass is 32.2. The van der Waals surface area contributed by atoms with Crippen molar-refractivity contribution < 1.29 is 18.4 Å². The highest BCUT2D eigenvalue weighted by Crippen LogP contribution is 2.28. The van der Waals surface area contributed by atoms with E-state index in [0.29, 0.717) is 19.4 Å². The maximum absolute atomic E-state index is 12.4. The molecule has 122 valence electrons. The third-order valence-electron chi connectivity index (χ3n) is 4.34. The maximum Gasteiger partial charge on any atom is 0.215 e. The lowest BCUT2D eigenvalue weighted by Crippen LogP contribution is -2.58. The molecule has 1 atom stereocenters. The fourth-order valence-corrected chi connectivity index (χ4v) is 4.94. The Bertz CT molecular complexity index is 464. The predicted molar refractivity (Wildman–Crippen MR) is 79.7 cm³/mol. The molecule has 1 aliphatic heterocycles. The zero-order valence-electron chi connectivity index (χ0n) is 12.3. The van der Waals surface area contributed by atoms with Crippen molar-refractivity contribution in [2.24, 2.45) is 10.9 Å². The monoisotopic (exact) mass is 319 g/mol. The van der Waals surface area contributed by atoms with Crippen LogP contribution >= 0.6 is 0 Å². The second-order valence-electron chi connectivity index (χ2n) is 6.00. The van der Waals surface area contributed by atoms with Gasteiger partial charge in [0, 0.05) is 6.61 Å². The van der Waals surface area contributed by atoms with Gasteiger partial charge in [0.15, 0.2) is 5.84 Å². The number of hydrogen-bond donors (Lipinski definition) is 3. The van der Waals surface area contributed by atoms with Gasteiger partial charge >= 0.3 is 0 Å². The number of oxime groups is 1. The van der Waals surface area contributed by atoms with E-state index in [2.05, 4.69) is 9.88 Å². The zero-order valence-corrected chi connectivity index (χ0v) is 13.1. The molecule has 0 aromatic carbocycles. The fourth-order valence-electron chi connectivity index (χ4n) is 3.20. The molecule has 2 rings (SSSR count). The average Bonchev–Trinajstić information content (AvgIpc) is 2.81. The van der Waals surface area contributed by atoms with Crippen LogP contribution in [0.25, 0.3) is 0 Å². The van der Waals surface area contributed by atoms with Crippen LogP contribution in [0.4, 0.5) is 0 Å². The van der Waals surface area contributed by atoms with E-state index < -0.39 is 15.6 Å². The van der Waals surface area contributed by atoms with Gasteiger partial charge in [-0.2, -0.15) is 0 Å². The number of ether oxygens (including phenoxy) is 1. The molecule has 0 amide bonds. The van der Waals surface area contributed by atoms with Crippen molar-refractivity contribution in [2.45, 2.75) is 63.0 Å².